The highest BCUT2D eigenvalue weighted by Gasteiger charge is 2.10. The van der Waals surface area contributed by atoms with Gasteiger partial charge in [-0.25, -0.2) is 0 Å². The Morgan fingerprint density at radius 2 is 0.793 bits per heavy atom. The number of hydrogen-bond donors (Lipinski definition) is 2. The maximum Gasteiger partial charge on any atom is 0.150 e. The van der Waals surface area contributed by atoms with Crippen molar-refractivity contribution in [3.8, 4) is 11.5 Å². The first-order valence-electron chi connectivity index (χ1n) is 9.72. The van der Waals surface area contributed by atoms with Crippen molar-refractivity contribution in [1.82, 2.24) is 0 Å². The Morgan fingerprint density at radius 1 is 0.448 bits per heavy atom. The van der Waals surface area contributed by atoms with E-state index in [0.29, 0.717) is 0 Å². The van der Waals surface area contributed by atoms with Gasteiger partial charge in [0.2, 0.25) is 0 Å². The van der Waals surface area contributed by atoms with E-state index in [4.69, 9.17) is 4.74 Å². The molecular weight excluding hydrogens is 356 g/mol. The first kappa shape index (κ1) is 18.6. The van der Waals surface area contributed by atoms with E-state index in [1.54, 1.807) is 0 Å². The van der Waals surface area contributed by atoms with E-state index < -0.39 is 0 Å². The maximum atomic E-state index is 6.34. The molecule has 2 N–H and O–H groups in total. The molecule has 3 nitrogen and oxygen atoms in total. The molecule has 144 valence electrons. The molecule has 0 amide bonds. The van der Waals surface area contributed by atoms with Crippen LogP contribution in [-0.2, 0) is 0 Å². The van der Waals surface area contributed by atoms with Crippen LogP contribution in [0.5, 0.6) is 11.5 Å². The van der Waals surface area contributed by atoms with Crippen LogP contribution in [-0.4, -0.2) is 0 Å². The van der Waals surface area contributed by atoms with Gasteiger partial charge in [0.25, 0.3) is 0 Å². The van der Waals surface area contributed by atoms with Gasteiger partial charge in [-0.05, 0) is 61.4 Å². The molecule has 0 bridgehead atoms. The third kappa shape index (κ3) is 4.41. The van der Waals surface area contributed by atoms with Gasteiger partial charge in [0.05, 0.1) is 11.4 Å². The smallest absolute Gasteiger partial charge is 0.150 e. The quantitative estimate of drug-likeness (QED) is 0.361. The van der Waals surface area contributed by atoms with E-state index in [2.05, 4.69) is 48.7 Å². The SMILES string of the molecule is Cc1ccccc1Nc1ccccc1Oc1ccccc1Nc1ccccc1C. The van der Waals surface area contributed by atoms with Crippen molar-refractivity contribution >= 4 is 22.7 Å². The first-order valence-corrected chi connectivity index (χ1v) is 9.72. The lowest BCUT2D eigenvalue weighted by atomic mass is 10.2. The van der Waals surface area contributed by atoms with Crippen LogP contribution in [0.4, 0.5) is 22.7 Å². The number of rotatable bonds is 6. The predicted molar refractivity (Wildman–Crippen MR) is 122 cm³/mol. The van der Waals surface area contributed by atoms with Crippen LogP contribution < -0.4 is 15.4 Å². The fourth-order valence-corrected chi connectivity index (χ4v) is 3.15. The van der Waals surface area contributed by atoms with Gasteiger partial charge in [-0.15, -0.1) is 0 Å². The summed E-state index contributed by atoms with van der Waals surface area (Å²) in [7, 11) is 0. The molecule has 3 heteroatoms. The Hall–Kier alpha value is -3.72. The van der Waals surface area contributed by atoms with Crippen molar-refractivity contribution < 1.29 is 4.74 Å². The Balaban J connectivity index is 1.62. The number of nitrogens with one attached hydrogen (secondary N) is 2. The Labute approximate surface area is 172 Å². The van der Waals surface area contributed by atoms with Crippen LogP contribution in [0.25, 0.3) is 0 Å². The van der Waals surface area contributed by atoms with E-state index in [9.17, 15) is 0 Å². The molecule has 0 heterocycles. The molecule has 4 aromatic carbocycles. The van der Waals surface area contributed by atoms with Crippen LogP contribution >= 0.6 is 0 Å². The summed E-state index contributed by atoms with van der Waals surface area (Å²) in [5.74, 6) is 1.55. The monoisotopic (exact) mass is 380 g/mol. The van der Waals surface area contributed by atoms with E-state index in [0.717, 1.165) is 34.2 Å². The number of ether oxygens (including phenoxy) is 1. The van der Waals surface area contributed by atoms with Crippen molar-refractivity contribution in [1.29, 1.82) is 0 Å². The zero-order valence-corrected chi connectivity index (χ0v) is 16.6. The average molecular weight is 380 g/mol. The van der Waals surface area contributed by atoms with Gasteiger partial charge in [0.1, 0.15) is 0 Å². The van der Waals surface area contributed by atoms with E-state index in [1.807, 2.05) is 72.8 Å². The highest BCUT2D eigenvalue weighted by molar-refractivity contribution is 5.72. The van der Waals surface area contributed by atoms with Crippen LogP contribution in [0.2, 0.25) is 0 Å². The summed E-state index contributed by atoms with van der Waals surface area (Å²) in [6.45, 7) is 4.18. The van der Waals surface area contributed by atoms with Crippen molar-refractivity contribution in [2.24, 2.45) is 0 Å². The topological polar surface area (TPSA) is 33.3 Å². The molecule has 0 unspecified atom stereocenters. The second-order valence-corrected chi connectivity index (χ2v) is 6.97. The van der Waals surface area contributed by atoms with E-state index >= 15 is 0 Å². The molecule has 0 aliphatic heterocycles. The summed E-state index contributed by atoms with van der Waals surface area (Å²) in [6, 6.07) is 32.4. The van der Waals surface area contributed by atoms with Crippen molar-refractivity contribution in [2.45, 2.75) is 13.8 Å². The second-order valence-electron chi connectivity index (χ2n) is 6.97. The second kappa shape index (κ2) is 8.53. The minimum Gasteiger partial charge on any atom is -0.453 e. The molecule has 4 aromatic rings. The van der Waals surface area contributed by atoms with Crippen molar-refractivity contribution in [3.63, 3.8) is 0 Å². The fourth-order valence-electron chi connectivity index (χ4n) is 3.15. The third-order valence-electron chi connectivity index (χ3n) is 4.82. The van der Waals surface area contributed by atoms with Crippen LogP contribution in [0.1, 0.15) is 11.1 Å². The standard InChI is InChI=1S/C26H24N2O/c1-19-11-3-5-13-21(19)27-23-15-7-9-17-25(23)29-26-18-10-8-16-24(26)28-22-14-6-4-12-20(22)2/h3-18,27-28H,1-2H3. The lowest BCUT2D eigenvalue weighted by molar-refractivity contribution is 0.487. The minimum absolute atomic E-state index is 0.773. The largest absolute Gasteiger partial charge is 0.453 e. The zero-order valence-electron chi connectivity index (χ0n) is 16.6. The maximum absolute atomic E-state index is 6.34. The van der Waals surface area contributed by atoms with Gasteiger partial charge in [-0.1, -0.05) is 60.7 Å². The molecule has 0 saturated heterocycles. The summed E-state index contributed by atoms with van der Waals surface area (Å²) in [5.41, 5.74) is 6.34. The molecule has 0 aromatic heterocycles. The molecule has 0 atom stereocenters. The lowest BCUT2D eigenvalue weighted by Gasteiger charge is -2.17. The molecular formula is C26H24N2O. The van der Waals surface area contributed by atoms with Crippen LogP contribution in [0, 0.1) is 13.8 Å². The summed E-state index contributed by atoms with van der Waals surface area (Å²) in [5, 5.41) is 6.99. The molecule has 29 heavy (non-hydrogen) atoms. The summed E-state index contributed by atoms with van der Waals surface area (Å²) in [6.07, 6.45) is 0. The van der Waals surface area contributed by atoms with E-state index in [-0.39, 0.29) is 0 Å². The van der Waals surface area contributed by atoms with Crippen molar-refractivity contribution in [3.05, 3.63) is 108 Å². The van der Waals surface area contributed by atoms with E-state index in [1.165, 1.54) is 11.1 Å². The Bertz CT molecular complexity index is 1030. The number of para-hydroxylation sites is 6. The summed E-state index contributed by atoms with van der Waals surface area (Å²) < 4.78 is 6.34. The molecule has 0 saturated carbocycles. The Morgan fingerprint density at radius 3 is 1.21 bits per heavy atom. The normalized spacial score (nSPS) is 10.4. The first-order chi connectivity index (χ1) is 14.2. The molecule has 0 fully saturated rings. The number of benzene rings is 4. The highest BCUT2D eigenvalue weighted by atomic mass is 16.5. The van der Waals surface area contributed by atoms with Gasteiger partial charge in [0, 0.05) is 11.4 Å². The van der Waals surface area contributed by atoms with Gasteiger partial charge >= 0.3 is 0 Å². The fraction of sp³-hybridized carbons (Fsp3) is 0.0769. The number of aryl methyl sites for hydroxylation is 2. The molecule has 0 radical (unpaired) electrons. The molecule has 0 aliphatic rings. The highest BCUT2D eigenvalue weighted by Crippen LogP contribution is 2.36. The number of hydrogen-bond acceptors (Lipinski definition) is 3. The number of anilines is 4. The van der Waals surface area contributed by atoms with Gasteiger partial charge in [-0.2, -0.15) is 0 Å². The molecule has 4 rings (SSSR count). The lowest BCUT2D eigenvalue weighted by Crippen LogP contribution is -1.98. The zero-order chi connectivity index (χ0) is 20.1. The van der Waals surface area contributed by atoms with Gasteiger partial charge in [0.15, 0.2) is 11.5 Å². The predicted octanol–water partition coefficient (Wildman–Crippen LogP) is 7.58. The third-order valence-corrected chi connectivity index (χ3v) is 4.82. The van der Waals surface area contributed by atoms with Crippen LogP contribution in [0.3, 0.4) is 0 Å². The molecule has 0 aliphatic carbocycles. The summed E-state index contributed by atoms with van der Waals surface area (Å²) >= 11 is 0. The summed E-state index contributed by atoms with van der Waals surface area (Å²) in [4.78, 5) is 0. The van der Waals surface area contributed by atoms with Crippen molar-refractivity contribution in [2.75, 3.05) is 10.6 Å². The molecule has 0 spiro atoms. The minimum atomic E-state index is 0.773. The van der Waals surface area contributed by atoms with Gasteiger partial charge < -0.3 is 15.4 Å². The average Bonchev–Trinajstić information content (AvgIpc) is 2.74. The van der Waals surface area contributed by atoms with Crippen LogP contribution in [0.15, 0.2) is 97.1 Å². The Kier molecular flexibility index (Phi) is 5.48. The van der Waals surface area contributed by atoms with Gasteiger partial charge in [-0.3, -0.25) is 0 Å².